The molecule has 1 aromatic carbocycles. The zero-order valence-corrected chi connectivity index (χ0v) is 12.6. The fourth-order valence-corrected chi connectivity index (χ4v) is 2.46. The van der Waals surface area contributed by atoms with Crippen molar-refractivity contribution < 1.29 is 0 Å². The normalized spacial score (nSPS) is 16.6. The van der Waals surface area contributed by atoms with Crippen molar-refractivity contribution in [2.24, 2.45) is 5.73 Å². The Kier molecular flexibility index (Phi) is 6.13. The molecule has 3 unspecified atom stereocenters. The Bertz CT molecular complexity index is 367. The van der Waals surface area contributed by atoms with E-state index in [1.807, 2.05) is 18.2 Å². The Morgan fingerprint density at radius 1 is 1.28 bits per heavy atom. The fourth-order valence-electron chi connectivity index (χ4n) is 2.26. The third kappa shape index (κ3) is 3.71. The first-order valence-corrected chi connectivity index (χ1v) is 7.12. The van der Waals surface area contributed by atoms with Crippen LogP contribution in [0.2, 0.25) is 5.02 Å². The second-order valence-electron chi connectivity index (χ2n) is 4.99. The summed E-state index contributed by atoms with van der Waals surface area (Å²) < 4.78 is 0. The molecule has 2 N–H and O–H groups in total. The molecule has 102 valence electrons. The van der Waals surface area contributed by atoms with E-state index in [1.54, 1.807) is 0 Å². The van der Waals surface area contributed by atoms with Crippen molar-refractivity contribution in [2.75, 3.05) is 7.05 Å². The molecule has 0 fully saturated rings. The molecule has 0 aromatic heterocycles. The van der Waals surface area contributed by atoms with Gasteiger partial charge >= 0.3 is 0 Å². The summed E-state index contributed by atoms with van der Waals surface area (Å²) in [6, 6.07) is 8.91. The summed E-state index contributed by atoms with van der Waals surface area (Å²) in [6.45, 7) is 6.57. The lowest BCUT2D eigenvalue weighted by Crippen LogP contribution is -2.42. The fraction of sp³-hybridized carbons (Fsp3) is 0.600. The lowest BCUT2D eigenvalue weighted by Gasteiger charge is -2.36. The Hall–Kier alpha value is -0.570. The minimum absolute atomic E-state index is 0.127. The molecule has 2 nitrogen and oxygen atoms in total. The first-order chi connectivity index (χ1) is 8.51. The van der Waals surface area contributed by atoms with Crippen LogP contribution in [0, 0.1) is 0 Å². The summed E-state index contributed by atoms with van der Waals surface area (Å²) in [4.78, 5) is 2.36. The molecule has 1 rings (SSSR count). The van der Waals surface area contributed by atoms with Crippen molar-refractivity contribution in [1.29, 1.82) is 0 Å². The molecule has 0 amide bonds. The van der Waals surface area contributed by atoms with E-state index >= 15 is 0 Å². The Morgan fingerprint density at radius 2 is 1.94 bits per heavy atom. The molecule has 0 aliphatic carbocycles. The molecule has 0 saturated heterocycles. The topological polar surface area (TPSA) is 29.3 Å². The van der Waals surface area contributed by atoms with Gasteiger partial charge in [0.25, 0.3) is 0 Å². The molecule has 0 aliphatic rings. The second-order valence-corrected chi connectivity index (χ2v) is 5.43. The Labute approximate surface area is 116 Å². The number of hydrogen-bond donors (Lipinski definition) is 1. The number of likely N-dealkylation sites (N-methyl/N-ethyl adjacent to an activating group) is 1. The first kappa shape index (κ1) is 15.5. The van der Waals surface area contributed by atoms with Gasteiger partial charge in [0, 0.05) is 23.1 Å². The number of hydrogen-bond acceptors (Lipinski definition) is 2. The number of nitrogens with zero attached hydrogens (tertiary/aromatic N) is 1. The van der Waals surface area contributed by atoms with E-state index in [2.05, 4.69) is 38.8 Å². The van der Waals surface area contributed by atoms with Gasteiger partial charge in [0.1, 0.15) is 0 Å². The van der Waals surface area contributed by atoms with Crippen LogP contribution in [0.1, 0.15) is 45.2 Å². The predicted octanol–water partition coefficient (Wildman–Crippen LogP) is 3.85. The number of halogens is 1. The van der Waals surface area contributed by atoms with Gasteiger partial charge in [-0.3, -0.25) is 4.90 Å². The third-order valence-electron chi connectivity index (χ3n) is 3.79. The van der Waals surface area contributed by atoms with Gasteiger partial charge in [-0.05, 0) is 44.5 Å². The van der Waals surface area contributed by atoms with Crippen molar-refractivity contribution in [2.45, 2.75) is 51.7 Å². The van der Waals surface area contributed by atoms with E-state index in [9.17, 15) is 0 Å². The molecule has 0 heterocycles. The van der Waals surface area contributed by atoms with Gasteiger partial charge in [0.15, 0.2) is 0 Å². The van der Waals surface area contributed by atoms with Crippen molar-refractivity contribution in [3.8, 4) is 0 Å². The van der Waals surface area contributed by atoms with E-state index < -0.39 is 0 Å². The standard InChI is InChI=1S/C15H25ClN2/c1-5-11(3)18(4)15(14(17)6-2)12-8-7-9-13(16)10-12/h7-11,14-15H,5-6,17H2,1-4H3. The number of nitrogens with two attached hydrogens (primary N) is 1. The minimum Gasteiger partial charge on any atom is -0.326 e. The quantitative estimate of drug-likeness (QED) is 0.849. The Balaban J connectivity index is 3.05. The summed E-state index contributed by atoms with van der Waals surface area (Å²) in [7, 11) is 2.15. The molecule has 0 bridgehead atoms. The van der Waals surface area contributed by atoms with Crippen molar-refractivity contribution in [1.82, 2.24) is 4.90 Å². The van der Waals surface area contributed by atoms with Gasteiger partial charge in [0.2, 0.25) is 0 Å². The Morgan fingerprint density at radius 3 is 2.44 bits per heavy atom. The molecule has 0 spiro atoms. The van der Waals surface area contributed by atoms with Crippen molar-refractivity contribution in [3.05, 3.63) is 34.9 Å². The van der Waals surface area contributed by atoms with E-state index in [-0.39, 0.29) is 12.1 Å². The predicted molar refractivity (Wildman–Crippen MR) is 80.0 cm³/mol. The average Bonchev–Trinajstić information content (AvgIpc) is 2.37. The molecule has 0 radical (unpaired) electrons. The van der Waals surface area contributed by atoms with Crippen LogP contribution in [0.4, 0.5) is 0 Å². The summed E-state index contributed by atoms with van der Waals surface area (Å²) in [5.41, 5.74) is 7.52. The van der Waals surface area contributed by atoms with E-state index in [0.717, 1.165) is 17.9 Å². The molecule has 3 heteroatoms. The monoisotopic (exact) mass is 268 g/mol. The SMILES string of the molecule is CCC(N)C(c1cccc(Cl)c1)N(C)C(C)CC. The maximum Gasteiger partial charge on any atom is 0.0499 e. The summed E-state index contributed by atoms with van der Waals surface area (Å²) in [6.07, 6.45) is 2.07. The summed E-state index contributed by atoms with van der Waals surface area (Å²) >= 11 is 6.10. The maximum absolute atomic E-state index is 6.31. The molecular weight excluding hydrogens is 244 g/mol. The van der Waals surface area contributed by atoms with Gasteiger partial charge in [-0.1, -0.05) is 37.6 Å². The first-order valence-electron chi connectivity index (χ1n) is 6.74. The molecule has 3 atom stereocenters. The third-order valence-corrected chi connectivity index (χ3v) is 4.03. The van der Waals surface area contributed by atoms with Gasteiger partial charge in [-0.25, -0.2) is 0 Å². The van der Waals surface area contributed by atoms with E-state index in [0.29, 0.717) is 6.04 Å². The zero-order valence-electron chi connectivity index (χ0n) is 11.9. The van der Waals surface area contributed by atoms with Crippen molar-refractivity contribution in [3.63, 3.8) is 0 Å². The van der Waals surface area contributed by atoms with Crippen LogP contribution in [0.3, 0.4) is 0 Å². The molecule has 18 heavy (non-hydrogen) atoms. The van der Waals surface area contributed by atoms with Crippen LogP contribution in [0.25, 0.3) is 0 Å². The highest BCUT2D eigenvalue weighted by Crippen LogP contribution is 2.28. The van der Waals surface area contributed by atoms with Crippen molar-refractivity contribution >= 4 is 11.6 Å². The van der Waals surface area contributed by atoms with Gasteiger partial charge in [0.05, 0.1) is 0 Å². The molecule has 0 aliphatic heterocycles. The molecule has 1 aromatic rings. The summed E-state index contributed by atoms with van der Waals surface area (Å²) in [5, 5.41) is 0.776. The zero-order chi connectivity index (χ0) is 13.7. The second kappa shape index (κ2) is 7.13. The summed E-state index contributed by atoms with van der Waals surface area (Å²) in [5.74, 6) is 0. The average molecular weight is 269 g/mol. The van der Waals surface area contributed by atoms with Crippen LogP contribution < -0.4 is 5.73 Å². The molecular formula is C15H25ClN2. The van der Waals surface area contributed by atoms with Crippen LogP contribution in [-0.4, -0.2) is 24.0 Å². The van der Waals surface area contributed by atoms with Crippen LogP contribution >= 0.6 is 11.6 Å². The lowest BCUT2D eigenvalue weighted by molar-refractivity contribution is 0.155. The minimum atomic E-state index is 0.127. The highest BCUT2D eigenvalue weighted by Gasteiger charge is 2.25. The maximum atomic E-state index is 6.31. The number of benzene rings is 1. The molecule has 0 saturated carbocycles. The number of rotatable bonds is 6. The largest absolute Gasteiger partial charge is 0.326 e. The van der Waals surface area contributed by atoms with Crippen LogP contribution in [0.15, 0.2) is 24.3 Å². The van der Waals surface area contributed by atoms with E-state index in [1.165, 1.54) is 5.56 Å². The highest BCUT2D eigenvalue weighted by atomic mass is 35.5. The lowest BCUT2D eigenvalue weighted by atomic mass is 9.95. The highest BCUT2D eigenvalue weighted by molar-refractivity contribution is 6.30. The smallest absolute Gasteiger partial charge is 0.0499 e. The van der Waals surface area contributed by atoms with Crippen LogP contribution in [-0.2, 0) is 0 Å². The van der Waals surface area contributed by atoms with Gasteiger partial charge in [-0.15, -0.1) is 0 Å². The van der Waals surface area contributed by atoms with E-state index in [4.69, 9.17) is 17.3 Å². The van der Waals surface area contributed by atoms with Crippen LogP contribution in [0.5, 0.6) is 0 Å². The van der Waals surface area contributed by atoms with Gasteiger partial charge in [-0.2, -0.15) is 0 Å². The van der Waals surface area contributed by atoms with Gasteiger partial charge < -0.3 is 5.73 Å².